The molecule has 18 heavy (non-hydrogen) atoms. The van der Waals surface area contributed by atoms with Crippen molar-refractivity contribution in [2.24, 2.45) is 0 Å². The number of benzene rings is 1. The number of carbonyl (C=O) groups is 1. The van der Waals surface area contributed by atoms with Crippen LogP contribution in [-0.2, 0) is 0 Å². The minimum absolute atomic E-state index is 0.187. The summed E-state index contributed by atoms with van der Waals surface area (Å²) < 4.78 is 6.01. The molecule has 0 aliphatic heterocycles. The van der Waals surface area contributed by atoms with Crippen molar-refractivity contribution >= 4 is 27.5 Å². The second kappa shape index (κ2) is 5.27. The number of amides is 1. The summed E-state index contributed by atoms with van der Waals surface area (Å²) in [5.74, 6) is 0.526. The van der Waals surface area contributed by atoms with Crippen LogP contribution in [0.5, 0.6) is 0 Å². The first kappa shape index (κ1) is 12.7. The van der Waals surface area contributed by atoms with Crippen LogP contribution in [0.25, 0.3) is 0 Å². The zero-order valence-corrected chi connectivity index (χ0v) is 11.4. The Morgan fingerprint density at radius 3 is 2.83 bits per heavy atom. The molecule has 1 atom stereocenters. The van der Waals surface area contributed by atoms with E-state index < -0.39 is 0 Å². The molecule has 0 saturated carbocycles. The van der Waals surface area contributed by atoms with Gasteiger partial charge in [0.2, 0.25) is 0 Å². The van der Waals surface area contributed by atoms with E-state index in [-0.39, 0.29) is 11.9 Å². The zero-order chi connectivity index (χ0) is 13.1. The highest BCUT2D eigenvalue weighted by Gasteiger charge is 2.13. The highest BCUT2D eigenvalue weighted by atomic mass is 79.9. The molecule has 0 radical (unpaired) electrons. The van der Waals surface area contributed by atoms with Gasteiger partial charge in [-0.2, -0.15) is 0 Å². The van der Waals surface area contributed by atoms with Gasteiger partial charge in [0, 0.05) is 15.7 Å². The Morgan fingerprint density at radius 1 is 1.44 bits per heavy atom. The number of furan rings is 1. The molecular formula is C13H13BrN2O2. The molecule has 94 valence electrons. The molecule has 0 unspecified atom stereocenters. The van der Waals surface area contributed by atoms with Crippen molar-refractivity contribution in [3.05, 3.63) is 52.4 Å². The van der Waals surface area contributed by atoms with Crippen LogP contribution in [0, 0.1) is 0 Å². The number of hydrogen-bond donors (Lipinski definition) is 2. The first-order valence-electron chi connectivity index (χ1n) is 5.46. The molecule has 1 aromatic carbocycles. The van der Waals surface area contributed by atoms with Crippen molar-refractivity contribution in [2.75, 3.05) is 5.73 Å². The number of hydrogen-bond acceptors (Lipinski definition) is 3. The van der Waals surface area contributed by atoms with Crippen LogP contribution < -0.4 is 11.1 Å². The van der Waals surface area contributed by atoms with Gasteiger partial charge in [-0.1, -0.05) is 15.9 Å². The van der Waals surface area contributed by atoms with Crippen molar-refractivity contribution in [3.63, 3.8) is 0 Å². The lowest BCUT2D eigenvalue weighted by Gasteiger charge is -2.12. The molecule has 3 N–H and O–H groups in total. The fourth-order valence-corrected chi connectivity index (χ4v) is 2.14. The number of nitrogens with two attached hydrogens (primary N) is 1. The average Bonchev–Trinajstić information content (AvgIpc) is 2.80. The maximum atomic E-state index is 12.0. The second-order valence-electron chi connectivity index (χ2n) is 3.98. The molecule has 0 bridgehead atoms. The van der Waals surface area contributed by atoms with Gasteiger partial charge < -0.3 is 15.5 Å². The molecule has 0 aliphatic carbocycles. The normalized spacial score (nSPS) is 12.1. The quantitative estimate of drug-likeness (QED) is 0.856. The summed E-state index contributed by atoms with van der Waals surface area (Å²) in [6, 6.07) is 8.52. The third kappa shape index (κ3) is 2.92. The molecule has 0 spiro atoms. The summed E-state index contributed by atoms with van der Waals surface area (Å²) in [7, 11) is 0. The predicted octanol–water partition coefficient (Wildman–Crippen LogP) is 3.12. The number of halogens is 1. The van der Waals surface area contributed by atoms with E-state index in [1.54, 1.807) is 30.5 Å². The van der Waals surface area contributed by atoms with Crippen LogP contribution in [-0.4, -0.2) is 5.91 Å². The van der Waals surface area contributed by atoms with Gasteiger partial charge in [-0.3, -0.25) is 4.79 Å². The molecule has 2 rings (SSSR count). The average molecular weight is 309 g/mol. The lowest BCUT2D eigenvalue weighted by atomic mass is 10.1. The highest BCUT2D eigenvalue weighted by Crippen LogP contribution is 2.18. The Labute approximate surface area is 113 Å². The topological polar surface area (TPSA) is 68.3 Å². The Hall–Kier alpha value is -1.75. The van der Waals surface area contributed by atoms with E-state index in [0.717, 1.165) is 4.47 Å². The summed E-state index contributed by atoms with van der Waals surface area (Å²) in [6.45, 7) is 1.86. The van der Waals surface area contributed by atoms with Crippen LogP contribution >= 0.6 is 15.9 Å². The minimum atomic E-state index is -0.188. The number of nitrogen functional groups attached to an aromatic ring is 1. The largest absolute Gasteiger partial charge is 0.467 e. The van der Waals surface area contributed by atoms with Crippen LogP contribution in [0.2, 0.25) is 0 Å². The summed E-state index contributed by atoms with van der Waals surface area (Å²) in [6.07, 6.45) is 1.58. The Kier molecular flexibility index (Phi) is 3.72. The zero-order valence-electron chi connectivity index (χ0n) is 9.81. The summed E-state index contributed by atoms with van der Waals surface area (Å²) >= 11 is 3.31. The fraction of sp³-hybridized carbons (Fsp3) is 0.154. The molecular weight excluding hydrogens is 296 g/mol. The van der Waals surface area contributed by atoms with Crippen molar-refractivity contribution in [1.29, 1.82) is 0 Å². The molecule has 0 saturated heterocycles. The van der Waals surface area contributed by atoms with Crippen LogP contribution in [0.4, 0.5) is 5.69 Å². The van der Waals surface area contributed by atoms with Crippen molar-refractivity contribution in [3.8, 4) is 0 Å². The molecule has 1 amide bonds. The number of nitrogens with one attached hydrogen (secondary N) is 1. The van der Waals surface area contributed by atoms with Crippen LogP contribution in [0.3, 0.4) is 0 Å². The van der Waals surface area contributed by atoms with Gasteiger partial charge in [0.1, 0.15) is 5.76 Å². The molecule has 2 aromatic rings. The van der Waals surface area contributed by atoms with Crippen molar-refractivity contribution in [1.82, 2.24) is 5.32 Å². The number of rotatable bonds is 3. The molecule has 5 heteroatoms. The van der Waals surface area contributed by atoms with Crippen LogP contribution in [0.15, 0.2) is 45.5 Å². The summed E-state index contributed by atoms with van der Waals surface area (Å²) in [4.78, 5) is 12.0. The smallest absolute Gasteiger partial charge is 0.251 e. The SMILES string of the molecule is C[C@H](NC(=O)c1cc(N)cc(Br)c1)c1ccco1. The summed E-state index contributed by atoms with van der Waals surface area (Å²) in [5, 5.41) is 2.84. The Balaban J connectivity index is 2.12. The first-order chi connectivity index (χ1) is 8.56. The molecule has 0 aliphatic rings. The van der Waals surface area contributed by atoms with Crippen LogP contribution in [0.1, 0.15) is 29.1 Å². The van der Waals surface area contributed by atoms with E-state index in [2.05, 4.69) is 21.2 Å². The highest BCUT2D eigenvalue weighted by molar-refractivity contribution is 9.10. The monoisotopic (exact) mass is 308 g/mol. The minimum Gasteiger partial charge on any atom is -0.467 e. The lowest BCUT2D eigenvalue weighted by Crippen LogP contribution is -2.26. The van der Waals surface area contributed by atoms with E-state index in [4.69, 9.17) is 10.2 Å². The van der Waals surface area contributed by atoms with Gasteiger partial charge in [0.25, 0.3) is 5.91 Å². The second-order valence-corrected chi connectivity index (χ2v) is 4.90. The van der Waals surface area contributed by atoms with E-state index in [1.165, 1.54) is 0 Å². The van der Waals surface area contributed by atoms with Gasteiger partial charge in [-0.15, -0.1) is 0 Å². The molecule has 1 aromatic heterocycles. The first-order valence-corrected chi connectivity index (χ1v) is 6.26. The Bertz CT molecular complexity index is 532. The lowest BCUT2D eigenvalue weighted by molar-refractivity contribution is 0.0935. The van der Waals surface area contributed by atoms with Gasteiger partial charge in [0.15, 0.2) is 0 Å². The number of carbonyl (C=O) groups excluding carboxylic acids is 1. The Morgan fingerprint density at radius 2 is 2.22 bits per heavy atom. The molecule has 1 heterocycles. The fourth-order valence-electron chi connectivity index (χ4n) is 1.63. The van der Waals surface area contributed by atoms with E-state index in [9.17, 15) is 4.79 Å². The van der Waals surface area contributed by atoms with Gasteiger partial charge >= 0.3 is 0 Å². The molecule has 0 fully saturated rings. The molecule has 4 nitrogen and oxygen atoms in total. The van der Waals surface area contributed by atoms with Gasteiger partial charge in [-0.25, -0.2) is 0 Å². The third-order valence-electron chi connectivity index (χ3n) is 2.50. The van der Waals surface area contributed by atoms with Gasteiger partial charge in [-0.05, 0) is 37.3 Å². The maximum absolute atomic E-state index is 12.0. The van der Waals surface area contributed by atoms with E-state index >= 15 is 0 Å². The van der Waals surface area contributed by atoms with E-state index in [1.807, 2.05) is 13.0 Å². The summed E-state index contributed by atoms with van der Waals surface area (Å²) in [5.41, 5.74) is 6.75. The third-order valence-corrected chi connectivity index (χ3v) is 2.96. The van der Waals surface area contributed by atoms with Crippen molar-refractivity contribution in [2.45, 2.75) is 13.0 Å². The number of anilines is 1. The maximum Gasteiger partial charge on any atom is 0.251 e. The predicted molar refractivity (Wildman–Crippen MR) is 73.1 cm³/mol. The standard InChI is InChI=1S/C13H13BrN2O2/c1-8(12-3-2-4-18-12)16-13(17)9-5-10(14)7-11(15)6-9/h2-8H,15H2,1H3,(H,16,17)/t8-/m0/s1. The van der Waals surface area contributed by atoms with Gasteiger partial charge in [0.05, 0.1) is 12.3 Å². The van der Waals surface area contributed by atoms with E-state index in [0.29, 0.717) is 17.0 Å². The van der Waals surface area contributed by atoms with Crippen molar-refractivity contribution < 1.29 is 9.21 Å².